The number of nitrogens with one attached hydrogen (secondary N) is 1. The second-order valence-corrected chi connectivity index (χ2v) is 8.46. The van der Waals surface area contributed by atoms with E-state index >= 15 is 0 Å². The second kappa shape index (κ2) is 9.30. The molecule has 5 rings (SSSR count). The van der Waals surface area contributed by atoms with E-state index in [0.29, 0.717) is 54.7 Å². The maximum absolute atomic E-state index is 14.8. The quantitative estimate of drug-likeness (QED) is 0.581. The minimum Gasteiger partial charge on any atom is -0.372 e. The van der Waals surface area contributed by atoms with Gasteiger partial charge in [0.05, 0.1) is 18.3 Å². The van der Waals surface area contributed by atoms with Gasteiger partial charge in [0, 0.05) is 31.8 Å². The van der Waals surface area contributed by atoms with Gasteiger partial charge in [-0.15, -0.1) is 10.2 Å². The van der Waals surface area contributed by atoms with Crippen LogP contribution in [0.5, 0.6) is 0 Å². The summed E-state index contributed by atoms with van der Waals surface area (Å²) in [5.74, 6) is 0.612. The maximum Gasteiger partial charge on any atom is 0.271 e. The van der Waals surface area contributed by atoms with Crippen LogP contribution in [-0.2, 0) is 11.8 Å². The minimum atomic E-state index is -0.364. The van der Waals surface area contributed by atoms with Gasteiger partial charge in [0.2, 0.25) is 0 Å². The molecule has 34 heavy (non-hydrogen) atoms. The number of carbonyl (C=O) groups is 1. The van der Waals surface area contributed by atoms with Crippen LogP contribution in [0.15, 0.2) is 53.7 Å². The summed E-state index contributed by atoms with van der Waals surface area (Å²) in [7, 11) is 1.77. The van der Waals surface area contributed by atoms with E-state index < -0.39 is 0 Å². The number of ether oxygens (including phenoxy) is 1. The number of carbonyl (C=O) groups excluding carboxylic acids is 1. The van der Waals surface area contributed by atoms with Crippen molar-refractivity contribution in [2.45, 2.75) is 37.8 Å². The lowest BCUT2D eigenvalue weighted by Crippen LogP contribution is -2.44. The van der Waals surface area contributed by atoms with E-state index in [1.54, 1.807) is 46.8 Å². The predicted octanol–water partition coefficient (Wildman–Crippen LogP) is 2.58. The molecule has 1 saturated carbocycles. The van der Waals surface area contributed by atoms with Crippen molar-refractivity contribution in [1.29, 1.82) is 0 Å². The smallest absolute Gasteiger partial charge is 0.271 e. The summed E-state index contributed by atoms with van der Waals surface area (Å²) in [4.78, 5) is 17.0. The van der Waals surface area contributed by atoms with Crippen molar-refractivity contribution < 1.29 is 13.9 Å². The summed E-state index contributed by atoms with van der Waals surface area (Å²) in [5.41, 5.74) is 1.40. The molecule has 1 fully saturated rings. The lowest BCUT2D eigenvalue weighted by Gasteiger charge is -2.35. The molecule has 1 atom stereocenters. The molecular weight excluding hydrogens is 437 g/mol. The largest absolute Gasteiger partial charge is 0.372 e. The van der Waals surface area contributed by atoms with Gasteiger partial charge in [-0.05, 0) is 44.0 Å². The Balaban J connectivity index is 1.38. The fraction of sp³-hybridized carbons (Fsp3) is 0.375. The number of rotatable bonds is 7. The summed E-state index contributed by atoms with van der Waals surface area (Å²) in [6.45, 7) is 3.03. The maximum atomic E-state index is 14.8. The minimum absolute atomic E-state index is 0.00686. The van der Waals surface area contributed by atoms with Gasteiger partial charge >= 0.3 is 0 Å². The number of benzene rings is 1. The van der Waals surface area contributed by atoms with Gasteiger partial charge < -0.3 is 10.1 Å². The molecule has 9 nitrogen and oxygen atoms in total. The first-order chi connectivity index (χ1) is 16.5. The Hall–Kier alpha value is -3.66. The van der Waals surface area contributed by atoms with Crippen molar-refractivity contribution in [3.05, 3.63) is 71.8 Å². The van der Waals surface area contributed by atoms with E-state index in [4.69, 9.17) is 4.74 Å². The van der Waals surface area contributed by atoms with Crippen molar-refractivity contribution in [1.82, 2.24) is 29.9 Å². The van der Waals surface area contributed by atoms with Crippen LogP contribution in [0.4, 0.5) is 4.39 Å². The number of halogens is 1. The molecule has 0 bridgehead atoms. The number of hydrogen-bond donors (Lipinski definition) is 1. The third-order valence-electron chi connectivity index (χ3n) is 6.09. The summed E-state index contributed by atoms with van der Waals surface area (Å²) in [5, 5.41) is 16.0. The van der Waals surface area contributed by atoms with Gasteiger partial charge in [0.25, 0.3) is 5.91 Å². The zero-order chi connectivity index (χ0) is 23.7. The predicted molar refractivity (Wildman–Crippen MR) is 124 cm³/mol. The van der Waals surface area contributed by atoms with Gasteiger partial charge in [0.15, 0.2) is 5.82 Å². The molecule has 1 amide bonds. The molecular formula is C24H26FN7O2. The van der Waals surface area contributed by atoms with Crippen LogP contribution in [0.25, 0.3) is 5.69 Å². The normalized spacial score (nSPS) is 21.7. The highest BCUT2D eigenvalue weighted by Crippen LogP contribution is 2.38. The summed E-state index contributed by atoms with van der Waals surface area (Å²) in [6.07, 6.45) is 6.81. The lowest BCUT2D eigenvalue weighted by molar-refractivity contribution is 0.0901. The number of hydrogen-bond acceptors (Lipinski definition) is 6. The van der Waals surface area contributed by atoms with Gasteiger partial charge in [-0.1, -0.05) is 18.2 Å². The first-order valence-corrected chi connectivity index (χ1v) is 11.4. The Morgan fingerprint density at radius 2 is 2.06 bits per heavy atom. The average molecular weight is 464 g/mol. The van der Waals surface area contributed by atoms with Gasteiger partial charge in [0.1, 0.15) is 23.0 Å². The summed E-state index contributed by atoms with van der Waals surface area (Å²) < 4.78 is 23.8. The Morgan fingerprint density at radius 3 is 2.74 bits per heavy atom. The third kappa shape index (κ3) is 4.28. The molecule has 1 N–H and O–H groups in total. The standard InChI is InChI=1S/C24H26FN7O2/c1-3-34-17-8-9-19(26-14-17)23-29-28-22(32(23)21-7-5-4-6-18(21)25)15-12-16(13-15)27-24(33)20-10-11-31(2)30-20/h4-11,15-17H,3,12-14H2,1-2H3,(H,27,33)/t15-,16-,17?. The zero-order valence-electron chi connectivity index (χ0n) is 19.1. The molecule has 1 aliphatic heterocycles. The Morgan fingerprint density at radius 1 is 1.24 bits per heavy atom. The second-order valence-electron chi connectivity index (χ2n) is 8.46. The highest BCUT2D eigenvalue weighted by molar-refractivity contribution is 6.07. The number of allylic oxidation sites excluding steroid dienone is 1. The lowest BCUT2D eigenvalue weighted by atomic mass is 9.79. The molecule has 3 heterocycles. The van der Waals surface area contributed by atoms with E-state index in [-0.39, 0.29) is 29.8 Å². The number of aliphatic imine (C=N–C) groups is 1. The molecule has 1 aliphatic carbocycles. The molecule has 176 valence electrons. The van der Waals surface area contributed by atoms with Crippen LogP contribution < -0.4 is 5.32 Å². The summed E-state index contributed by atoms with van der Waals surface area (Å²) >= 11 is 0. The van der Waals surface area contributed by atoms with E-state index in [0.717, 1.165) is 0 Å². The fourth-order valence-corrected chi connectivity index (χ4v) is 4.31. The molecule has 0 spiro atoms. The van der Waals surface area contributed by atoms with E-state index in [9.17, 15) is 9.18 Å². The number of nitrogens with zero attached hydrogens (tertiary/aromatic N) is 6. The van der Waals surface area contributed by atoms with Crippen LogP contribution in [-0.4, -0.2) is 61.5 Å². The Bertz CT molecular complexity index is 1260. The highest BCUT2D eigenvalue weighted by Gasteiger charge is 2.37. The first kappa shape index (κ1) is 22.1. The molecule has 1 aromatic carbocycles. The number of aromatic nitrogens is 5. The fourth-order valence-electron chi connectivity index (χ4n) is 4.31. The Kier molecular flexibility index (Phi) is 6.06. The third-order valence-corrected chi connectivity index (χ3v) is 6.09. The van der Waals surface area contributed by atoms with Gasteiger partial charge in [-0.2, -0.15) is 5.10 Å². The number of para-hydroxylation sites is 1. The van der Waals surface area contributed by atoms with Crippen molar-refractivity contribution in [3.8, 4) is 5.69 Å². The molecule has 1 unspecified atom stereocenters. The van der Waals surface area contributed by atoms with Crippen molar-refractivity contribution in [2.75, 3.05) is 13.2 Å². The highest BCUT2D eigenvalue weighted by atomic mass is 19.1. The molecule has 2 aliphatic rings. The molecule has 0 saturated heterocycles. The van der Waals surface area contributed by atoms with Crippen LogP contribution in [0.3, 0.4) is 0 Å². The van der Waals surface area contributed by atoms with E-state index in [1.165, 1.54) is 6.07 Å². The monoisotopic (exact) mass is 463 g/mol. The number of dihydropyridines is 1. The van der Waals surface area contributed by atoms with Gasteiger partial charge in [-0.25, -0.2) is 4.39 Å². The first-order valence-electron chi connectivity index (χ1n) is 11.4. The molecule has 10 heteroatoms. The zero-order valence-corrected chi connectivity index (χ0v) is 19.1. The molecule has 3 aromatic rings. The van der Waals surface area contributed by atoms with Crippen LogP contribution in [0.1, 0.15) is 47.8 Å². The average Bonchev–Trinajstić information content (AvgIpc) is 3.43. The van der Waals surface area contributed by atoms with Crippen molar-refractivity contribution >= 4 is 11.6 Å². The molecule has 0 radical (unpaired) electrons. The number of aryl methyl sites for hydroxylation is 1. The van der Waals surface area contributed by atoms with Gasteiger partial charge in [-0.3, -0.25) is 19.0 Å². The van der Waals surface area contributed by atoms with Crippen molar-refractivity contribution in [3.63, 3.8) is 0 Å². The molecule has 2 aromatic heterocycles. The van der Waals surface area contributed by atoms with Crippen LogP contribution in [0.2, 0.25) is 0 Å². The Labute approximate surface area is 196 Å². The van der Waals surface area contributed by atoms with E-state index in [1.807, 2.05) is 19.1 Å². The van der Waals surface area contributed by atoms with Crippen LogP contribution in [0, 0.1) is 5.82 Å². The topological polar surface area (TPSA) is 99.2 Å². The number of amides is 1. The SMILES string of the molecule is CCOC1C=CC(c2nnc([C@H]3C[C@H](NC(=O)c4ccn(C)n4)C3)n2-c2ccccc2F)=NC1. The van der Waals surface area contributed by atoms with Crippen LogP contribution >= 0.6 is 0 Å². The summed E-state index contributed by atoms with van der Waals surface area (Å²) in [6, 6.07) is 8.24. The van der Waals surface area contributed by atoms with Crippen molar-refractivity contribution in [2.24, 2.45) is 12.0 Å². The van der Waals surface area contributed by atoms with E-state index in [2.05, 4.69) is 25.6 Å².